The molecule has 0 aliphatic carbocycles. The molecular formula is C15H32O7. The number of aliphatic hydroxyl groups excluding tert-OH is 2. The minimum Gasteiger partial charge on any atom is -0.481 e. The molecule has 0 aliphatic rings. The first-order chi connectivity index (χ1) is 10.5. The second-order valence-corrected chi connectivity index (χ2v) is 4.05. The van der Waals surface area contributed by atoms with E-state index in [1.54, 1.807) is 0 Å². The predicted molar refractivity (Wildman–Crippen MR) is 83.7 cm³/mol. The summed E-state index contributed by atoms with van der Waals surface area (Å²) in [6.07, 6.45) is 2.40. The second kappa shape index (κ2) is 24.8. The number of carbonyl (C=O) groups is 2. The van der Waals surface area contributed by atoms with Crippen LogP contribution in [0.1, 0.15) is 52.9 Å². The highest BCUT2D eigenvalue weighted by atomic mass is 16.5. The number of carboxylic acid groups (broad SMARTS) is 1. The van der Waals surface area contributed by atoms with Crippen LogP contribution in [0.5, 0.6) is 0 Å². The summed E-state index contributed by atoms with van der Waals surface area (Å²) in [6, 6.07) is 0. The molecule has 134 valence electrons. The van der Waals surface area contributed by atoms with Crippen LogP contribution in [0.2, 0.25) is 0 Å². The number of carboxylic acids is 1. The van der Waals surface area contributed by atoms with Gasteiger partial charge >= 0.3 is 11.9 Å². The molecule has 0 radical (unpaired) electrons. The maximum absolute atomic E-state index is 10.9. The van der Waals surface area contributed by atoms with Gasteiger partial charge in [0.15, 0.2) is 0 Å². The fourth-order valence-corrected chi connectivity index (χ4v) is 1.04. The van der Waals surface area contributed by atoms with E-state index in [-0.39, 0.29) is 25.6 Å². The molecule has 0 saturated carbocycles. The zero-order chi connectivity index (χ0) is 17.6. The molecule has 0 aromatic carbocycles. The van der Waals surface area contributed by atoms with E-state index in [1.165, 1.54) is 0 Å². The molecule has 0 bridgehead atoms. The number of unbranched alkanes of at least 4 members (excludes halogenated alkanes) is 1. The van der Waals surface area contributed by atoms with Crippen molar-refractivity contribution in [2.75, 3.05) is 33.0 Å². The quantitative estimate of drug-likeness (QED) is 0.413. The van der Waals surface area contributed by atoms with Gasteiger partial charge in [-0.05, 0) is 33.1 Å². The third-order valence-electron chi connectivity index (χ3n) is 2.00. The normalized spacial score (nSPS) is 8.95. The molecule has 0 fully saturated rings. The Kier molecular flexibility index (Phi) is 29.0. The lowest BCUT2D eigenvalue weighted by molar-refractivity contribution is -0.144. The summed E-state index contributed by atoms with van der Waals surface area (Å²) in [7, 11) is 0. The van der Waals surface area contributed by atoms with E-state index in [0.29, 0.717) is 25.9 Å². The smallest absolute Gasteiger partial charge is 0.305 e. The number of hydrogen-bond acceptors (Lipinski definition) is 6. The molecule has 0 unspecified atom stereocenters. The standard InChI is InChI=1S/C9H16O4.C4H10O.C2H6O2/c1-2-7-13-9(12)6-4-3-5-8(10)11;1-3-5-4-2;3-1-2-4/h2-7H2,1H3,(H,10,11);3-4H2,1-2H3;3-4H,1-2H2. The lowest BCUT2D eigenvalue weighted by Crippen LogP contribution is -2.05. The minimum atomic E-state index is -0.818. The lowest BCUT2D eigenvalue weighted by atomic mass is 10.2. The van der Waals surface area contributed by atoms with Gasteiger partial charge in [0.1, 0.15) is 0 Å². The Balaban J connectivity index is -0.000000330. The van der Waals surface area contributed by atoms with Crippen LogP contribution in [0.15, 0.2) is 0 Å². The molecule has 0 spiro atoms. The SMILES string of the molecule is CCCOC(=O)CCCCC(=O)O.CCOCC.OCCO. The molecule has 7 nitrogen and oxygen atoms in total. The molecular weight excluding hydrogens is 292 g/mol. The van der Waals surface area contributed by atoms with Crippen molar-refractivity contribution in [2.24, 2.45) is 0 Å². The summed E-state index contributed by atoms with van der Waals surface area (Å²) >= 11 is 0. The Bertz CT molecular complexity index is 228. The number of carbonyl (C=O) groups excluding carboxylic acids is 1. The molecule has 0 heterocycles. The summed E-state index contributed by atoms with van der Waals surface area (Å²) in [4.78, 5) is 21.0. The van der Waals surface area contributed by atoms with Crippen molar-refractivity contribution in [1.29, 1.82) is 0 Å². The van der Waals surface area contributed by atoms with Crippen LogP contribution in [-0.4, -0.2) is 60.3 Å². The van der Waals surface area contributed by atoms with Crippen LogP contribution in [-0.2, 0) is 19.1 Å². The number of ether oxygens (including phenoxy) is 2. The predicted octanol–water partition coefficient (Wildman–Crippen LogP) is 1.60. The van der Waals surface area contributed by atoms with E-state index >= 15 is 0 Å². The van der Waals surface area contributed by atoms with Crippen molar-refractivity contribution in [1.82, 2.24) is 0 Å². The van der Waals surface area contributed by atoms with Crippen molar-refractivity contribution in [3.05, 3.63) is 0 Å². The van der Waals surface area contributed by atoms with Crippen molar-refractivity contribution < 1.29 is 34.4 Å². The molecule has 0 amide bonds. The summed E-state index contributed by atoms with van der Waals surface area (Å²) in [5.74, 6) is -1.05. The molecule has 22 heavy (non-hydrogen) atoms. The van der Waals surface area contributed by atoms with Gasteiger partial charge in [-0.15, -0.1) is 0 Å². The van der Waals surface area contributed by atoms with E-state index in [0.717, 1.165) is 19.6 Å². The number of rotatable bonds is 10. The Hall–Kier alpha value is -1.18. The highest BCUT2D eigenvalue weighted by molar-refractivity contribution is 5.69. The van der Waals surface area contributed by atoms with Gasteiger partial charge in [0.05, 0.1) is 19.8 Å². The van der Waals surface area contributed by atoms with E-state index in [2.05, 4.69) is 0 Å². The van der Waals surface area contributed by atoms with Crippen molar-refractivity contribution in [3.8, 4) is 0 Å². The molecule has 0 aromatic rings. The third-order valence-corrected chi connectivity index (χ3v) is 2.00. The van der Waals surface area contributed by atoms with Crippen LogP contribution in [0.25, 0.3) is 0 Å². The maximum Gasteiger partial charge on any atom is 0.305 e. The maximum atomic E-state index is 10.9. The average molecular weight is 324 g/mol. The van der Waals surface area contributed by atoms with Crippen LogP contribution in [0, 0.1) is 0 Å². The van der Waals surface area contributed by atoms with Crippen LogP contribution in [0.4, 0.5) is 0 Å². The Morgan fingerprint density at radius 2 is 1.41 bits per heavy atom. The van der Waals surface area contributed by atoms with Crippen molar-refractivity contribution in [3.63, 3.8) is 0 Å². The summed E-state index contributed by atoms with van der Waals surface area (Å²) in [5, 5.41) is 23.6. The first kappa shape index (κ1) is 25.8. The minimum absolute atomic E-state index is 0.125. The second-order valence-electron chi connectivity index (χ2n) is 4.05. The fraction of sp³-hybridized carbons (Fsp3) is 0.867. The molecule has 7 heteroatoms. The van der Waals surface area contributed by atoms with E-state index < -0.39 is 5.97 Å². The monoisotopic (exact) mass is 324 g/mol. The summed E-state index contributed by atoms with van der Waals surface area (Å²) in [6.45, 7) is 7.80. The largest absolute Gasteiger partial charge is 0.481 e. The molecule has 3 N–H and O–H groups in total. The van der Waals surface area contributed by atoms with Crippen molar-refractivity contribution in [2.45, 2.75) is 52.9 Å². The number of aliphatic hydroxyl groups is 2. The Morgan fingerprint density at radius 1 is 0.909 bits per heavy atom. The van der Waals surface area contributed by atoms with E-state index in [9.17, 15) is 9.59 Å². The van der Waals surface area contributed by atoms with Crippen molar-refractivity contribution >= 4 is 11.9 Å². The zero-order valence-electron chi connectivity index (χ0n) is 14.0. The van der Waals surface area contributed by atoms with Crippen LogP contribution in [0.3, 0.4) is 0 Å². The highest BCUT2D eigenvalue weighted by Gasteiger charge is 2.02. The third kappa shape index (κ3) is 36.4. The number of aliphatic carboxylic acids is 1. The molecule has 0 saturated heterocycles. The zero-order valence-corrected chi connectivity index (χ0v) is 14.0. The van der Waals surface area contributed by atoms with Gasteiger partial charge in [0.2, 0.25) is 0 Å². The van der Waals surface area contributed by atoms with Gasteiger partial charge in [-0.25, -0.2) is 0 Å². The van der Waals surface area contributed by atoms with E-state index in [1.807, 2.05) is 20.8 Å². The number of esters is 1. The summed E-state index contributed by atoms with van der Waals surface area (Å²) < 4.78 is 9.65. The Labute approximate surface area is 133 Å². The molecule has 0 rings (SSSR count). The van der Waals surface area contributed by atoms with E-state index in [4.69, 9.17) is 24.8 Å². The van der Waals surface area contributed by atoms with Gasteiger partial charge in [0, 0.05) is 26.1 Å². The van der Waals surface area contributed by atoms with Crippen LogP contribution < -0.4 is 0 Å². The summed E-state index contributed by atoms with van der Waals surface area (Å²) in [5.41, 5.74) is 0. The van der Waals surface area contributed by atoms with Crippen LogP contribution >= 0.6 is 0 Å². The topological polar surface area (TPSA) is 113 Å². The number of hydrogen-bond donors (Lipinski definition) is 3. The molecule has 0 aliphatic heterocycles. The average Bonchev–Trinajstić information content (AvgIpc) is 2.51. The van der Waals surface area contributed by atoms with Gasteiger partial charge in [-0.3, -0.25) is 9.59 Å². The molecule has 0 atom stereocenters. The molecule has 0 aromatic heterocycles. The van der Waals surface area contributed by atoms with Gasteiger partial charge < -0.3 is 24.8 Å². The van der Waals surface area contributed by atoms with Gasteiger partial charge in [-0.1, -0.05) is 6.92 Å². The fourth-order valence-electron chi connectivity index (χ4n) is 1.04. The first-order valence-corrected chi connectivity index (χ1v) is 7.66. The Morgan fingerprint density at radius 3 is 1.73 bits per heavy atom. The first-order valence-electron chi connectivity index (χ1n) is 7.66. The van der Waals surface area contributed by atoms with Gasteiger partial charge in [-0.2, -0.15) is 0 Å². The van der Waals surface area contributed by atoms with Gasteiger partial charge in [0.25, 0.3) is 0 Å². The lowest BCUT2D eigenvalue weighted by Gasteiger charge is -2.01. The highest BCUT2D eigenvalue weighted by Crippen LogP contribution is 2.01.